The summed E-state index contributed by atoms with van der Waals surface area (Å²) in [6.07, 6.45) is 0. The molecule has 6 rings (SSSR count). The van der Waals surface area contributed by atoms with E-state index in [9.17, 15) is 0 Å². The molecule has 0 radical (unpaired) electrons. The van der Waals surface area contributed by atoms with E-state index in [0.29, 0.717) is 27.9 Å². The van der Waals surface area contributed by atoms with E-state index < -0.39 is 0 Å². The number of benzene rings is 2. The van der Waals surface area contributed by atoms with Crippen molar-refractivity contribution in [1.82, 2.24) is 14.6 Å². The molecule has 1 saturated carbocycles. The van der Waals surface area contributed by atoms with Crippen LogP contribution in [0.15, 0.2) is 54.6 Å². The number of anilines is 1. The van der Waals surface area contributed by atoms with Crippen molar-refractivity contribution in [3.8, 4) is 22.4 Å². The summed E-state index contributed by atoms with van der Waals surface area (Å²) < 4.78 is 1.96. The van der Waals surface area contributed by atoms with Crippen LogP contribution in [0, 0.1) is 18.8 Å². The summed E-state index contributed by atoms with van der Waals surface area (Å²) in [5, 5.41) is 6.40. The third-order valence-electron chi connectivity index (χ3n) is 6.54. The van der Waals surface area contributed by atoms with Gasteiger partial charge in [0.1, 0.15) is 11.5 Å². The Hall–Kier alpha value is -2.60. The smallest absolute Gasteiger partial charge is 0.166 e. The lowest BCUT2D eigenvalue weighted by atomic mass is 10.0. The van der Waals surface area contributed by atoms with Crippen LogP contribution in [0.5, 0.6) is 0 Å². The summed E-state index contributed by atoms with van der Waals surface area (Å²) in [5.41, 5.74) is 11.6. The van der Waals surface area contributed by atoms with Crippen molar-refractivity contribution in [1.29, 1.82) is 0 Å². The van der Waals surface area contributed by atoms with Gasteiger partial charge in [-0.3, -0.25) is 0 Å². The largest absolute Gasteiger partial charge is 0.356 e. The fourth-order valence-electron chi connectivity index (χ4n) is 4.83. The Morgan fingerprint density at radius 3 is 2.42 bits per heavy atom. The van der Waals surface area contributed by atoms with Crippen LogP contribution in [0.4, 0.5) is 5.82 Å². The maximum absolute atomic E-state index is 6.60. The number of fused-ring (bicyclic) bond motifs is 2. The van der Waals surface area contributed by atoms with Gasteiger partial charge >= 0.3 is 0 Å². The number of hydrogen-bond donors (Lipinski definition) is 1. The number of aromatic nitrogens is 3. The highest BCUT2D eigenvalue weighted by atomic mass is 35.5. The van der Waals surface area contributed by atoms with Crippen molar-refractivity contribution in [2.75, 3.05) is 18.0 Å². The summed E-state index contributed by atoms with van der Waals surface area (Å²) in [4.78, 5) is 7.28. The Kier molecular flexibility index (Phi) is 4.29. The molecule has 4 aromatic rings. The SMILES string of the molecule is Cc1cc(N2C[C@@H]3[C@@H](N)[C@@H]3C2)n2nc(-c3ccccc3Cl)c(-c3ccc(Cl)cc3)c2n1. The Morgan fingerprint density at radius 1 is 1.00 bits per heavy atom. The summed E-state index contributed by atoms with van der Waals surface area (Å²) in [7, 11) is 0. The van der Waals surface area contributed by atoms with Gasteiger partial charge in [0.25, 0.3) is 0 Å². The molecule has 0 amide bonds. The fraction of sp³-hybridized carbons (Fsp3) is 0.250. The van der Waals surface area contributed by atoms with Crippen molar-refractivity contribution in [2.24, 2.45) is 17.6 Å². The molecule has 2 fully saturated rings. The third-order valence-corrected chi connectivity index (χ3v) is 7.13. The zero-order valence-corrected chi connectivity index (χ0v) is 18.5. The number of halogens is 2. The van der Waals surface area contributed by atoms with Crippen molar-refractivity contribution in [2.45, 2.75) is 13.0 Å². The monoisotopic (exact) mass is 449 g/mol. The quantitative estimate of drug-likeness (QED) is 0.474. The third kappa shape index (κ3) is 3.03. The summed E-state index contributed by atoms with van der Waals surface area (Å²) >= 11 is 12.8. The summed E-state index contributed by atoms with van der Waals surface area (Å²) in [6.45, 7) is 3.95. The highest BCUT2D eigenvalue weighted by Gasteiger charge is 2.54. The number of piperidine rings is 1. The van der Waals surface area contributed by atoms with Gasteiger partial charge in [-0.1, -0.05) is 53.5 Å². The van der Waals surface area contributed by atoms with Crippen molar-refractivity contribution < 1.29 is 0 Å². The molecule has 7 heteroatoms. The molecule has 1 aliphatic heterocycles. The van der Waals surface area contributed by atoms with Crippen LogP contribution in [-0.4, -0.2) is 33.7 Å². The minimum Gasteiger partial charge on any atom is -0.356 e. The van der Waals surface area contributed by atoms with Crippen molar-refractivity contribution in [3.63, 3.8) is 0 Å². The molecule has 5 nitrogen and oxygen atoms in total. The first kappa shape index (κ1) is 19.1. The number of hydrogen-bond acceptors (Lipinski definition) is 4. The van der Waals surface area contributed by atoms with E-state index >= 15 is 0 Å². The Bertz CT molecular complexity index is 1300. The second kappa shape index (κ2) is 6.95. The van der Waals surface area contributed by atoms with E-state index in [1.165, 1.54) is 0 Å². The topological polar surface area (TPSA) is 59.5 Å². The molecule has 0 bridgehead atoms. The minimum absolute atomic E-state index is 0.343. The number of aryl methyl sites for hydroxylation is 1. The minimum atomic E-state index is 0.343. The standard InChI is InChI=1S/C24H21Cl2N5/c1-13-10-20(30-11-17-18(12-30)22(17)27)31-24(28-13)21(14-6-8-15(25)9-7-14)23(29-31)16-4-2-3-5-19(16)26/h2-10,17-18,22H,11-12,27H2,1H3/t17-,18+,22+. The predicted octanol–water partition coefficient (Wildman–Crippen LogP) is 5.07. The Morgan fingerprint density at radius 2 is 1.71 bits per heavy atom. The number of rotatable bonds is 3. The van der Waals surface area contributed by atoms with Crippen LogP contribution in [0.2, 0.25) is 10.0 Å². The van der Waals surface area contributed by atoms with E-state index in [2.05, 4.69) is 11.0 Å². The maximum Gasteiger partial charge on any atom is 0.166 e. The zero-order chi connectivity index (χ0) is 21.3. The number of nitrogens with two attached hydrogens (primary N) is 1. The van der Waals surface area contributed by atoms with Gasteiger partial charge in [0.15, 0.2) is 5.65 Å². The van der Waals surface area contributed by atoms with Gasteiger partial charge in [-0.15, -0.1) is 0 Å². The lowest BCUT2D eigenvalue weighted by molar-refractivity contribution is 0.720. The molecule has 2 N–H and O–H groups in total. The summed E-state index contributed by atoms with van der Waals surface area (Å²) in [6, 6.07) is 18.0. The van der Waals surface area contributed by atoms with E-state index in [-0.39, 0.29) is 0 Å². The molecule has 156 valence electrons. The molecule has 0 unspecified atom stereocenters. The second-order valence-corrected chi connectivity index (χ2v) is 9.36. The van der Waals surface area contributed by atoms with Crippen LogP contribution < -0.4 is 10.6 Å². The van der Waals surface area contributed by atoms with Crippen LogP contribution in [0.3, 0.4) is 0 Å². The molecule has 3 heterocycles. The predicted molar refractivity (Wildman–Crippen MR) is 126 cm³/mol. The average Bonchev–Trinajstić information content (AvgIpc) is 3.12. The molecule has 2 aromatic carbocycles. The first-order valence-corrected chi connectivity index (χ1v) is 11.2. The van der Waals surface area contributed by atoms with Crippen LogP contribution in [0.1, 0.15) is 5.69 Å². The van der Waals surface area contributed by atoms with Crippen molar-refractivity contribution >= 4 is 34.7 Å². The summed E-state index contributed by atoms with van der Waals surface area (Å²) in [5.74, 6) is 2.21. The van der Waals surface area contributed by atoms with Crippen LogP contribution >= 0.6 is 23.2 Å². The molecular formula is C24H21Cl2N5. The molecule has 31 heavy (non-hydrogen) atoms. The van der Waals surface area contributed by atoms with Gasteiger partial charge in [-0.2, -0.15) is 9.61 Å². The fourth-order valence-corrected chi connectivity index (χ4v) is 5.18. The van der Waals surface area contributed by atoms with Gasteiger partial charge in [-0.25, -0.2) is 4.98 Å². The van der Waals surface area contributed by atoms with Gasteiger partial charge in [-0.05, 0) is 42.5 Å². The van der Waals surface area contributed by atoms with E-state index in [4.69, 9.17) is 39.0 Å². The molecule has 0 spiro atoms. The van der Waals surface area contributed by atoms with Crippen molar-refractivity contribution in [3.05, 3.63) is 70.3 Å². The van der Waals surface area contributed by atoms with Gasteiger partial charge < -0.3 is 10.6 Å². The normalized spacial score (nSPS) is 22.2. The lowest BCUT2D eigenvalue weighted by Crippen LogP contribution is -2.29. The second-order valence-electron chi connectivity index (χ2n) is 8.51. The first-order chi connectivity index (χ1) is 15.0. The molecule has 1 saturated heterocycles. The lowest BCUT2D eigenvalue weighted by Gasteiger charge is -2.22. The zero-order valence-electron chi connectivity index (χ0n) is 17.0. The molecule has 3 atom stereocenters. The highest BCUT2D eigenvalue weighted by Crippen LogP contribution is 2.46. The van der Waals surface area contributed by atoms with Gasteiger partial charge in [0, 0.05) is 41.5 Å². The van der Waals surface area contributed by atoms with E-state index in [0.717, 1.165) is 52.6 Å². The van der Waals surface area contributed by atoms with E-state index in [1.54, 1.807) is 0 Å². The first-order valence-electron chi connectivity index (χ1n) is 10.4. The van der Waals surface area contributed by atoms with E-state index in [1.807, 2.05) is 60.0 Å². The van der Waals surface area contributed by atoms with Crippen LogP contribution in [0.25, 0.3) is 28.0 Å². The average molecular weight is 450 g/mol. The molecular weight excluding hydrogens is 429 g/mol. The Balaban J connectivity index is 1.61. The Labute approximate surface area is 190 Å². The van der Waals surface area contributed by atoms with Gasteiger partial charge in [0.05, 0.1) is 10.6 Å². The molecule has 2 aliphatic rings. The molecule has 2 aromatic heterocycles. The highest BCUT2D eigenvalue weighted by molar-refractivity contribution is 6.33. The van der Waals surface area contributed by atoms with Crippen LogP contribution in [-0.2, 0) is 0 Å². The molecule has 1 aliphatic carbocycles. The van der Waals surface area contributed by atoms with Gasteiger partial charge in [0.2, 0.25) is 0 Å². The maximum atomic E-state index is 6.60. The number of nitrogens with zero attached hydrogens (tertiary/aromatic N) is 4.